The molecule has 11 heavy (non-hydrogen) atoms. The van der Waals surface area contributed by atoms with E-state index in [1.165, 1.54) is 17.5 Å². The van der Waals surface area contributed by atoms with Crippen LogP contribution in [0.15, 0.2) is 24.3 Å². The van der Waals surface area contributed by atoms with Gasteiger partial charge in [-0.15, -0.1) is 0 Å². The van der Waals surface area contributed by atoms with Gasteiger partial charge < -0.3 is 0 Å². The molecule has 0 aromatic heterocycles. The lowest BCUT2D eigenvalue weighted by atomic mass is 9.92. The highest BCUT2D eigenvalue weighted by Crippen LogP contribution is 2.26. The van der Waals surface area contributed by atoms with Crippen LogP contribution in [0.2, 0.25) is 0 Å². The fraction of sp³-hybridized carbons (Fsp3) is 0.300. The van der Waals surface area contributed by atoms with Crippen molar-refractivity contribution >= 4 is 15.9 Å². The molecule has 1 heteroatoms. The molecule has 1 aliphatic rings. The fourth-order valence-electron chi connectivity index (χ4n) is 1.50. The zero-order valence-electron chi connectivity index (χ0n) is 6.26. The maximum absolute atomic E-state index is 3.63. The van der Waals surface area contributed by atoms with E-state index in [2.05, 4.69) is 46.6 Å². The first-order valence-corrected chi connectivity index (χ1v) is 4.83. The van der Waals surface area contributed by atoms with Crippen LogP contribution >= 0.6 is 15.9 Å². The molecule has 0 amide bonds. The first kappa shape index (κ1) is 7.35. The number of fused-ring (bicyclic) bond motifs is 1. The summed E-state index contributed by atoms with van der Waals surface area (Å²) in [5, 5.41) is 0. The third kappa shape index (κ3) is 1.48. The Morgan fingerprint density at radius 1 is 1.27 bits per heavy atom. The van der Waals surface area contributed by atoms with E-state index in [9.17, 15) is 0 Å². The summed E-state index contributed by atoms with van der Waals surface area (Å²) in [5.41, 5.74) is 2.89. The van der Waals surface area contributed by atoms with Crippen molar-refractivity contribution in [1.29, 1.82) is 0 Å². The second-order valence-electron chi connectivity index (χ2n) is 2.94. The summed E-state index contributed by atoms with van der Waals surface area (Å²) in [6, 6.07) is 8.61. The van der Waals surface area contributed by atoms with Crippen molar-refractivity contribution in [3.8, 4) is 0 Å². The minimum absolute atomic E-state index is 0.650. The lowest BCUT2D eigenvalue weighted by Crippen LogP contribution is -2.11. The predicted octanol–water partition coefficient (Wildman–Crippen LogP) is 2.95. The van der Waals surface area contributed by atoms with Gasteiger partial charge >= 0.3 is 0 Å². The van der Waals surface area contributed by atoms with Gasteiger partial charge in [0.25, 0.3) is 0 Å². The molecule has 0 heterocycles. The molecule has 0 fully saturated rings. The molecule has 1 aromatic rings. The molecule has 0 aliphatic heterocycles. The third-order valence-electron chi connectivity index (χ3n) is 2.09. The molecular formula is C10H10Br. The summed E-state index contributed by atoms with van der Waals surface area (Å²) in [5.74, 6) is 0. The smallest absolute Gasteiger partial charge is 0.0192 e. The highest BCUT2D eigenvalue weighted by molar-refractivity contribution is 9.09. The van der Waals surface area contributed by atoms with Gasteiger partial charge in [-0.2, -0.15) is 0 Å². The molecule has 0 N–H and O–H groups in total. The van der Waals surface area contributed by atoms with E-state index in [4.69, 9.17) is 0 Å². The Labute approximate surface area is 75.8 Å². The summed E-state index contributed by atoms with van der Waals surface area (Å²) in [4.78, 5) is 0.650. The van der Waals surface area contributed by atoms with Crippen LogP contribution in [0.1, 0.15) is 17.5 Å². The van der Waals surface area contributed by atoms with Crippen LogP contribution in [0.4, 0.5) is 0 Å². The second-order valence-corrected chi connectivity index (χ2v) is 4.24. The standard InChI is InChI=1S/C10H10Br/c11-10-6-5-8-3-1-2-4-9(8)7-10/h1-5,10H,6-7H2. The van der Waals surface area contributed by atoms with Crippen molar-refractivity contribution in [3.63, 3.8) is 0 Å². The quantitative estimate of drug-likeness (QED) is 0.577. The Kier molecular flexibility index (Phi) is 1.99. The number of benzene rings is 1. The zero-order chi connectivity index (χ0) is 7.68. The average molecular weight is 210 g/mol. The van der Waals surface area contributed by atoms with Crippen LogP contribution in [0, 0.1) is 6.42 Å². The molecule has 1 aromatic carbocycles. The predicted molar refractivity (Wildman–Crippen MR) is 50.9 cm³/mol. The fourth-order valence-corrected chi connectivity index (χ4v) is 2.03. The van der Waals surface area contributed by atoms with Crippen molar-refractivity contribution in [2.75, 3.05) is 0 Å². The molecule has 1 radical (unpaired) electrons. The summed E-state index contributed by atoms with van der Waals surface area (Å²) >= 11 is 3.63. The van der Waals surface area contributed by atoms with Gasteiger partial charge in [-0.1, -0.05) is 40.2 Å². The molecule has 1 atom stereocenters. The number of hydrogen-bond acceptors (Lipinski definition) is 0. The topological polar surface area (TPSA) is 0 Å². The number of halogens is 1. The molecule has 0 bridgehead atoms. The molecule has 0 saturated heterocycles. The Bertz CT molecular complexity index is 255. The molecule has 0 spiro atoms. The highest BCUT2D eigenvalue weighted by atomic mass is 79.9. The van der Waals surface area contributed by atoms with Gasteiger partial charge in [0.15, 0.2) is 0 Å². The SMILES string of the molecule is BrC1C[CH]c2ccccc2C1. The van der Waals surface area contributed by atoms with Crippen LogP contribution in [0.5, 0.6) is 0 Å². The molecule has 2 rings (SSSR count). The van der Waals surface area contributed by atoms with Gasteiger partial charge in [0.2, 0.25) is 0 Å². The normalized spacial score (nSPS) is 22.8. The van der Waals surface area contributed by atoms with Crippen LogP contribution in [0.3, 0.4) is 0 Å². The molecule has 0 saturated carbocycles. The Morgan fingerprint density at radius 3 is 3.00 bits per heavy atom. The van der Waals surface area contributed by atoms with Crippen molar-refractivity contribution in [2.45, 2.75) is 17.7 Å². The van der Waals surface area contributed by atoms with Gasteiger partial charge in [-0.25, -0.2) is 0 Å². The van der Waals surface area contributed by atoms with Crippen molar-refractivity contribution in [3.05, 3.63) is 41.8 Å². The molecular weight excluding hydrogens is 200 g/mol. The summed E-state index contributed by atoms with van der Waals surface area (Å²) < 4.78 is 0. The Morgan fingerprint density at radius 2 is 2.09 bits per heavy atom. The van der Waals surface area contributed by atoms with E-state index in [1.54, 1.807) is 0 Å². The summed E-state index contributed by atoms with van der Waals surface area (Å²) in [6.07, 6.45) is 4.64. The number of hydrogen-bond donors (Lipinski definition) is 0. The van der Waals surface area contributed by atoms with Crippen molar-refractivity contribution in [2.24, 2.45) is 0 Å². The van der Waals surface area contributed by atoms with Crippen LogP contribution < -0.4 is 0 Å². The number of rotatable bonds is 0. The maximum Gasteiger partial charge on any atom is 0.0192 e. The number of alkyl halides is 1. The molecule has 57 valence electrons. The minimum Gasteiger partial charge on any atom is -0.0887 e. The van der Waals surface area contributed by atoms with Gasteiger partial charge in [0.1, 0.15) is 0 Å². The zero-order valence-corrected chi connectivity index (χ0v) is 7.84. The monoisotopic (exact) mass is 209 g/mol. The van der Waals surface area contributed by atoms with Crippen LogP contribution in [0.25, 0.3) is 0 Å². The Hall–Kier alpha value is -0.300. The van der Waals surface area contributed by atoms with Crippen LogP contribution in [-0.2, 0) is 6.42 Å². The molecule has 0 nitrogen and oxygen atoms in total. The summed E-state index contributed by atoms with van der Waals surface area (Å²) in [7, 11) is 0. The first-order valence-electron chi connectivity index (χ1n) is 3.91. The van der Waals surface area contributed by atoms with E-state index in [1.807, 2.05) is 0 Å². The van der Waals surface area contributed by atoms with Gasteiger partial charge in [-0.05, 0) is 30.4 Å². The van der Waals surface area contributed by atoms with Gasteiger partial charge in [0, 0.05) is 4.83 Å². The molecule has 1 unspecified atom stereocenters. The van der Waals surface area contributed by atoms with E-state index < -0.39 is 0 Å². The van der Waals surface area contributed by atoms with E-state index in [0.717, 1.165) is 6.42 Å². The lowest BCUT2D eigenvalue weighted by Gasteiger charge is -2.19. The maximum atomic E-state index is 3.63. The lowest BCUT2D eigenvalue weighted by molar-refractivity contribution is 0.807. The first-order chi connectivity index (χ1) is 5.36. The van der Waals surface area contributed by atoms with E-state index >= 15 is 0 Å². The van der Waals surface area contributed by atoms with Crippen molar-refractivity contribution < 1.29 is 0 Å². The van der Waals surface area contributed by atoms with Crippen molar-refractivity contribution in [1.82, 2.24) is 0 Å². The Balaban J connectivity index is 2.34. The second kappa shape index (κ2) is 2.98. The summed E-state index contributed by atoms with van der Waals surface area (Å²) in [6.45, 7) is 0. The molecule has 1 aliphatic carbocycles. The van der Waals surface area contributed by atoms with Crippen LogP contribution in [-0.4, -0.2) is 4.83 Å². The van der Waals surface area contributed by atoms with E-state index in [-0.39, 0.29) is 0 Å². The minimum atomic E-state index is 0.650. The largest absolute Gasteiger partial charge is 0.0887 e. The van der Waals surface area contributed by atoms with Gasteiger partial charge in [-0.3, -0.25) is 0 Å². The van der Waals surface area contributed by atoms with E-state index in [0.29, 0.717) is 4.83 Å². The third-order valence-corrected chi connectivity index (χ3v) is 2.79. The van der Waals surface area contributed by atoms with Gasteiger partial charge in [0.05, 0.1) is 0 Å². The highest BCUT2D eigenvalue weighted by Gasteiger charge is 2.14. The average Bonchev–Trinajstić information content (AvgIpc) is 2.04.